The van der Waals surface area contributed by atoms with Gasteiger partial charge < -0.3 is 10.2 Å². The van der Waals surface area contributed by atoms with Gasteiger partial charge in [0.15, 0.2) is 0 Å². The number of nitrogens with zero attached hydrogens (tertiary/aromatic N) is 2. The molecule has 0 radical (unpaired) electrons. The molecule has 6 heteroatoms. The zero-order chi connectivity index (χ0) is 18.7. The van der Waals surface area contributed by atoms with E-state index in [2.05, 4.69) is 5.10 Å². The summed E-state index contributed by atoms with van der Waals surface area (Å²) in [5.74, 6) is 0. The molecule has 3 rings (SSSR count). The van der Waals surface area contributed by atoms with E-state index in [0.29, 0.717) is 28.6 Å². The highest BCUT2D eigenvalue weighted by Crippen LogP contribution is 2.32. The topological polar surface area (TPSA) is 58.3 Å². The third kappa shape index (κ3) is 4.10. The SMILES string of the molecule is CC(O)(CCCO)c1cc(-c2ccc(Cl)cc2)n(-c2ccc(Cl)cc2)n1. The van der Waals surface area contributed by atoms with Gasteiger partial charge in [-0.1, -0.05) is 35.3 Å². The number of aliphatic hydroxyl groups excluding tert-OH is 1. The molecule has 26 heavy (non-hydrogen) atoms. The van der Waals surface area contributed by atoms with E-state index in [1.165, 1.54) is 0 Å². The fraction of sp³-hybridized carbons (Fsp3) is 0.250. The minimum atomic E-state index is -1.14. The summed E-state index contributed by atoms with van der Waals surface area (Å²) in [6.45, 7) is 1.74. The van der Waals surface area contributed by atoms with Crippen LogP contribution in [-0.4, -0.2) is 26.6 Å². The van der Waals surface area contributed by atoms with Crippen molar-refractivity contribution in [1.29, 1.82) is 0 Å². The fourth-order valence-electron chi connectivity index (χ4n) is 2.80. The Labute approximate surface area is 162 Å². The van der Waals surface area contributed by atoms with Crippen molar-refractivity contribution < 1.29 is 10.2 Å². The Morgan fingerprint density at radius 2 is 1.58 bits per heavy atom. The van der Waals surface area contributed by atoms with Crippen molar-refractivity contribution in [2.75, 3.05) is 6.61 Å². The molecule has 0 saturated carbocycles. The van der Waals surface area contributed by atoms with E-state index in [4.69, 9.17) is 28.3 Å². The summed E-state index contributed by atoms with van der Waals surface area (Å²) in [4.78, 5) is 0. The molecule has 136 valence electrons. The van der Waals surface area contributed by atoms with Crippen molar-refractivity contribution in [2.45, 2.75) is 25.4 Å². The molecule has 4 nitrogen and oxygen atoms in total. The zero-order valence-corrected chi connectivity index (χ0v) is 15.9. The lowest BCUT2D eigenvalue weighted by Gasteiger charge is -2.20. The van der Waals surface area contributed by atoms with Gasteiger partial charge in [-0.15, -0.1) is 0 Å². The van der Waals surface area contributed by atoms with Gasteiger partial charge in [0, 0.05) is 22.2 Å². The van der Waals surface area contributed by atoms with E-state index in [1.54, 1.807) is 23.7 Å². The molecule has 0 saturated heterocycles. The molecule has 0 amide bonds. The largest absolute Gasteiger partial charge is 0.396 e. The maximum absolute atomic E-state index is 10.8. The van der Waals surface area contributed by atoms with Crippen LogP contribution >= 0.6 is 23.2 Å². The van der Waals surface area contributed by atoms with E-state index in [0.717, 1.165) is 16.9 Å². The summed E-state index contributed by atoms with van der Waals surface area (Å²) in [6, 6.07) is 16.7. The smallest absolute Gasteiger partial charge is 0.106 e. The second-order valence-corrected chi connectivity index (χ2v) is 7.28. The second-order valence-electron chi connectivity index (χ2n) is 6.41. The quantitative estimate of drug-likeness (QED) is 0.633. The van der Waals surface area contributed by atoms with Crippen molar-refractivity contribution in [3.63, 3.8) is 0 Å². The first-order chi connectivity index (χ1) is 12.4. The maximum Gasteiger partial charge on any atom is 0.106 e. The van der Waals surface area contributed by atoms with E-state index in [-0.39, 0.29) is 6.61 Å². The first-order valence-electron chi connectivity index (χ1n) is 8.36. The molecule has 1 heterocycles. The van der Waals surface area contributed by atoms with Gasteiger partial charge in [-0.05, 0) is 62.2 Å². The Morgan fingerprint density at radius 1 is 1.00 bits per heavy atom. The van der Waals surface area contributed by atoms with Crippen molar-refractivity contribution in [1.82, 2.24) is 9.78 Å². The van der Waals surface area contributed by atoms with Gasteiger partial charge in [0.05, 0.1) is 17.1 Å². The van der Waals surface area contributed by atoms with Crippen LogP contribution in [0.5, 0.6) is 0 Å². The Kier molecular flexibility index (Phi) is 5.68. The van der Waals surface area contributed by atoms with Crippen LogP contribution in [0.1, 0.15) is 25.5 Å². The summed E-state index contributed by atoms with van der Waals surface area (Å²) < 4.78 is 1.78. The van der Waals surface area contributed by atoms with Crippen LogP contribution in [-0.2, 0) is 5.60 Å². The predicted molar refractivity (Wildman–Crippen MR) is 105 cm³/mol. The van der Waals surface area contributed by atoms with Gasteiger partial charge in [-0.3, -0.25) is 0 Å². The number of aliphatic hydroxyl groups is 2. The van der Waals surface area contributed by atoms with Crippen LogP contribution in [0, 0.1) is 0 Å². The summed E-state index contributed by atoms with van der Waals surface area (Å²) in [5.41, 5.74) is 2.01. The summed E-state index contributed by atoms with van der Waals surface area (Å²) in [6.07, 6.45) is 0.915. The third-order valence-corrected chi connectivity index (χ3v) is 4.80. The van der Waals surface area contributed by atoms with E-state index >= 15 is 0 Å². The minimum Gasteiger partial charge on any atom is -0.396 e. The first kappa shape index (κ1) is 18.9. The van der Waals surface area contributed by atoms with Gasteiger partial charge in [0.1, 0.15) is 5.60 Å². The monoisotopic (exact) mass is 390 g/mol. The molecular weight excluding hydrogens is 371 g/mol. The molecular formula is C20H20Cl2N2O2. The maximum atomic E-state index is 10.8. The highest BCUT2D eigenvalue weighted by atomic mass is 35.5. The number of halogens is 2. The van der Waals surface area contributed by atoms with Crippen molar-refractivity contribution in [3.05, 3.63) is 70.3 Å². The van der Waals surface area contributed by atoms with Gasteiger partial charge in [-0.2, -0.15) is 5.10 Å². The van der Waals surface area contributed by atoms with E-state index in [9.17, 15) is 5.11 Å². The van der Waals surface area contributed by atoms with Crippen LogP contribution in [0.4, 0.5) is 0 Å². The standard InChI is InChI=1S/C20H20Cl2N2O2/c1-20(26,11-2-12-25)19-13-18(14-3-5-15(21)6-4-14)24(23-19)17-9-7-16(22)8-10-17/h3-10,13,25-26H,2,11-12H2,1H3. The van der Waals surface area contributed by atoms with Gasteiger partial charge in [0.2, 0.25) is 0 Å². The predicted octanol–water partition coefficient (Wildman–Crippen LogP) is 4.83. The van der Waals surface area contributed by atoms with Crippen LogP contribution in [0.15, 0.2) is 54.6 Å². The lowest BCUT2D eigenvalue weighted by molar-refractivity contribution is 0.0357. The number of hydrogen-bond acceptors (Lipinski definition) is 3. The lowest BCUT2D eigenvalue weighted by Crippen LogP contribution is -2.22. The highest BCUT2D eigenvalue weighted by molar-refractivity contribution is 6.30. The molecule has 0 aliphatic heterocycles. The Balaban J connectivity index is 2.11. The van der Waals surface area contributed by atoms with Crippen LogP contribution in [0.25, 0.3) is 16.9 Å². The minimum absolute atomic E-state index is 0.0259. The number of hydrogen-bond donors (Lipinski definition) is 2. The Bertz CT molecular complexity index is 809. The number of aromatic nitrogens is 2. The van der Waals surface area contributed by atoms with E-state index < -0.39 is 5.60 Å². The first-order valence-corrected chi connectivity index (χ1v) is 9.12. The molecule has 0 aliphatic carbocycles. The normalized spacial score (nSPS) is 13.6. The van der Waals surface area contributed by atoms with Crippen molar-refractivity contribution >= 4 is 23.2 Å². The summed E-state index contributed by atoms with van der Waals surface area (Å²) >= 11 is 12.0. The highest BCUT2D eigenvalue weighted by Gasteiger charge is 2.27. The average molecular weight is 391 g/mol. The fourth-order valence-corrected chi connectivity index (χ4v) is 3.05. The van der Waals surface area contributed by atoms with Crippen molar-refractivity contribution in [2.24, 2.45) is 0 Å². The summed E-state index contributed by atoms with van der Waals surface area (Å²) in [5, 5.41) is 25.8. The van der Waals surface area contributed by atoms with Crippen LogP contribution < -0.4 is 0 Å². The van der Waals surface area contributed by atoms with Crippen LogP contribution in [0.3, 0.4) is 0 Å². The summed E-state index contributed by atoms with van der Waals surface area (Å²) in [7, 11) is 0. The van der Waals surface area contributed by atoms with Crippen molar-refractivity contribution in [3.8, 4) is 16.9 Å². The molecule has 2 N–H and O–H groups in total. The molecule has 0 aliphatic rings. The molecule has 0 bridgehead atoms. The molecule has 3 aromatic rings. The zero-order valence-electron chi connectivity index (χ0n) is 14.4. The molecule has 1 atom stereocenters. The molecule has 2 aromatic carbocycles. The van der Waals surface area contributed by atoms with Gasteiger partial charge in [0.25, 0.3) is 0 Å². The average Bonchev–Trinajstić information content (AvgIpc) is 3.07. The Morgan fingerprint density at radius 3 is 2.15 bits per heavy atom. The van der Waals surface area contributed by atoms with Gasteiger partial charge >= 0.3 is 0 Å². The molecule has 1 aromatic heterocycles. The lowest BCUT2D eigenvalue weighted by atomic mass is 9.96. The molecule has 0 spiro atoms. The molecule has 1 unspecified atom stereocenters. The number of rotatable bonds is 6. The number of benzene rings is 2. The molecule has 0 fully saturated rings. The second kappa shape index (κ2) is 7.80. The van der Waals surface area contributed by atoms with E-state index in [1.807, 2.05) is 42.5 Å². The van der Waals surface area contributed by atoms with Crippen LogP contribution in [0.2, 0.25) is 10.0 Å². The van der Waals surface area contributed by atoms with Gasteiger partial charge in [-0.25, -0.2) is 4.68 Å². The Hall–Kier alpha value is -1.85. The third-order valence-electron chi connectivity index (χ3n) is 4.29.